The Morgan fingerprint density at radius 3 is 1.30 bits per heavy atom. The molecule has 20 heavy (non-hydrogen) atoms. The predicted octanol–water partition coefficient (Wildman–Crippen LogP) is 0.397. The van der Waals surface area contributed by atoms with Crippen molar-refractivity contribution in [1.82, 2.24) is 0 Å². The van der Waals surface area contributed by atoms with E-state index in [1.54, 1.807) is 0 Å². The van der Waals surface area contributed by atoms with Crippen LogP contribution < -0.4 is 56.5 Å². The van der Waals surface area contributed by atoms with Crippen LogP contribution in [0.1, 0.15) is 96.8 Å². The molecule has 4 heteroatoms. The minimum atomic E-state index is -0.905. The number of carboxylic acids is 1. The molecule has 0 saturated heterocycles. The van der Waals surface area contributed by atoms with E-state index in [9.17, 15) is 9.90 Å². The molecule has 0 aliphatic heterocycles. The van der Waals surface area contributed by atoms with Gasteiger partial charge in [-0.15, -0.1) is 0 Å². The van der Waals surface area contributed by atoms with Crippen LogP contribution >= 0.6 is 0 Å². The first-order chi connectivity index (χ1) is 8.77. The van der Waals surface area contributed by atoms with Gasteiger partial charge in [0.1, 0.15) is 0 Å². The van der Waals surface area contributed by atoms with Gasteiger partial charge < -0.3 is 15.4 Å². The molecule has 0 fully saturated rings. The molecule has 3 nitrogen and oxygen atoms in total. The summed E-state index contributed by atoms with van der Waals surface area (Å²) in [4.78, 5) is 10.2. The van der Waals surface area contributed by atoms with E-state index in [0.717, 1.165) is 12.8 Å². The Morgan fingerprint density at radius 1 is 0.700 bits per heavy atom. The molecule has 0 bridgehead atoms. The third-order valence-electron chi connectivity index (χ3n) is 3.48. The third-order valence-corrected chi connectivity index (χ3v) is 3.48. The maximum Gasteiger partial charge on any atom is 1.00 e. The first kappa shape index (κ1) is 26.0. The molecule has 0 aliphatic rings. The Hall–Kier alpha value is 1.07. The SMILES string of the molecule is CCCCCCCCCCCCCCCC(=O)[O-].O.[K+]. The summed E-state index contributed by atoms with van der Waals surface area (Å²) in [5, 5.41) is 10.2. The molecule has 0 radical (unpaired) electrons. The second-order valence-electron chi connectivity index (χ2n) is 5.36. The minimum Gasteiger partial charge on any atom is -0.550 e. The smallest absolute Gasteiger partial charge is 0.550 e. The van der Waals surface area contributed by atoms with E-state index in [2.05, 4.69) is 6.92 Å². The van der Waals surface area contributed by atoms with Crippen molar-refractivity contribution in [2.24, 2.45) is 0 Å². The van der Waals surface area contributed by atoms with Crippen LogP contribution in [0.4, 0.5) is 0 Å². The minimum absolute atomic E-state index is 0. The number of aliphatic carboxylic acids is 1. The van der Waals surface area contributed by atoms with Gasteiger partial charge in [0.25, 0.3) is 0 Å². The third kappa shape index (κ3) is 24.1. The Kier molecular flexibility index (Phi) is 29.0. The van der Waals surface area contributed by atoms with Crippen LogP contribution in [0.3, 0.4) is 0 Å². The van der Waals surface area contributed by atoms with Crippen LogP contribution in [0.25, 0.3) is 0 Å². The van der Waals surface area contributed by atoms with Gasteiger partial charge in [0, 0.05) is 5.97 Å². The molecular weight excluding hydrogens is 279 g/mol. The van der Waals surface area contributed by atoms with Gasteiger partial charge in [0.05, 0.1) is 0 Å². The summed E-state index contributed by atoms with van der Waals surface area (Å²) in [5.74, 6) is -0.905. The van der Waals surface area contributed by atoms with Crippen molar-refractivity contribution in [2.75, 3.05) is 0 Å². The predicted molar refractivity (Wildman–Crippen MR) is 78.9 cm³/mol. The van der Waals surface area contributed by atoms with Crippen molar-refractivity contribution in [3.8, 4) is 0 Å². The number of hydrogen-bond donors (Lipinski definition) is 0. The van der Waals surface area contributed by atoms with E-state index in [-0.39, 0.29) is 63.3 Å². The molecule has 0 atom stereocenters. The van der Waals surface area contributed by atoms with Crippen LogP contribution in [0, 0.1) is 0 Å². The summed E-state index contributed by atoms with van der Waals surface area (Å²) in [6.07, 6.45) is 16.9. The monoisotopic (exact) mass is 312 g/mol. The van der Waals surface area contributed by atoms with Crippen molar-refractivity contribution in [2.45, 2.75) is 96.8 Å². The van der Waals surface area contributed by atoms with Crippen molar-refractivity contribution in [3.63, 3.8) is 0 Å². The fourth-order valence-electron chi connectivity index (χ4n) is 2.29. The summed E-state index contributed by atoms with van der Waals surface area (Å²) >= 11 is 0. The average molecular weight is 313 g/mol. The standard InChI is InChI=1S/C16H32O2.K.H2O/c1-2-3-4-5-6-7-8-9-10-11-12-13-14-15-16(17)18;;/h2-15H2,1H3,(H,17,18);;1H2/q;+1;/p-1. The van der Waals surface area contributed by atoms with Crippen molar-refractivity contribution in [3.05, 3.63) is 0 Å². The molecule has 0 aromatic heterocycles. The van der Waals surface area contributed by atoms with Gasteiger partial charge in [-0.05, 0) is 12.8 Å². The van der Waals surface area contributed by atoms with Gasteiger partial charge in [-0.3, -0.25) is 0 Å². The number of carboxylic acid groups (broad SMARTS) is 1. The van der Waals surface area contributed by atoms with Crippen molar-refractivity contribution < 1.29 is 66.8 Å². The van der Waals surface area contributed by atoms with E-state index in [1.165, 1.54) is 70.6 Å². The fraction of sp³-hybridized carbons (Fsp3) is 0.938. The Labute approximate surface area is 168 Å². The second-order valence-corrected chi connectivity index (χ2v) is 5.36. The molecule has 2 N–H and O–H groups in total. The first-order valence-corrected chi connectivity index (χ1v) is 7.97. The number of unbranched alkanes of at least 4 members (excludes halogenated alkanes) is 12. The summed E-state index contributed by atoms with van der Waals surface area (Å²) in [7, 11) is 0. The van der Waals surface area contributed by atoms with Gasteiger partial charge in [-0.25, -0.2) is 0 Å². The first-order valence-electron chi connectivity index (χ1n) is 7.97. The number of rotatable bonds is 14. The summed E-state index contributed by atoms with van der Waals surface area (Å²) in [5.41, 5.74) is 0. The Bertz CT molecular complexity index is 187. The Balaban J connectivity index is -0.00000144. The summed E-state index contributed by atoms with van der Waals surface area (Å²) < 4.78 is 0. The quantitative estimate of drug-likeness (QED) is 0.344. The van der Waals surface area contributed by atoms with Gasteiger partial charge >= 0.3 is 51.4 Å². The van der Waals surface area contributed by atoms with Crippen LogP contribution in [-0.2, 0) is 4.79 Å². The largest absolute Gasteiger partial charge is 1.00 e. The molecule has 0 aromatic rings. The van der Waals surface area contributed by atoms with Crippen LogP contribution in [0.5, 0.6) is 0 Å². The van der Waals surface area contributed by atoms with E-state index in [1.807, 2.05) is 0 Å². The van der Waals surface area contributed by atoms with E-state index >= 15 is 0 Å². The maximum absolute atomic E-state index is 10.2. The van der Waals surface area contributed by atoms with Gasteiger partial charge in [-0.1, -0.05) is 84.0 Å². The molecule has 0 aromatic carbocycles. The molecule has 116 valence electrons. The molecule has 0 spiro atoms. The van der Waals surface area contributed by atoms with E-state index in [4.69, 9.17) is 0 Å². The normalized spacial score (nSPS) is 9.65. The second kappa shape index (κ2) is 22.3. The molecule has 0 unspecified atom stereocenters. The van der Waals surface area contributed by atoms with E-state index < -0.39 is 5.97 Å². The Morgan fingerprint density at radius 2 is 1.00 bits per heavy atom. The van der Waals surface area contributed by atoms with Crippen LogP contribution in [0.2, 0.25) is 0 Å². The average Bonchev–Trinajstić information content (AvgIpc) is 2.34. The molecule has 0 aliphatic carbocycles. The van der Waals surface area contributed by atoms with Gasteiger partial charge in [0.2, 0.25) is 0 Å². The van der Waals surface area contributed by atoms with Crippen LogP contribution in [-0.4, -0.2) is 11.4 Å². The molecular formula is C16H33KO3. The molecule has 0 amide bonds. The summed E-state index contributed by atoms with van der Waals surface area (Å²) in [6, 6.07) is 0. The molecule has 0 heterocycles. The fourth-order valence-corrected chi connectivity index (χ4v) is 2.29. The maximum atomic E-state index is 10.2. The zero-order valence-corrected chi connectivity index (χ0v) is 16.8. The number of carbonyl (C=O) groups is 1. The number of hydrogen-bond acceptors (Lipinski definition) is 2. The van der Waals surface area contributed by atoms with Crippen molar-refractivity contribution in [1.29, 1.82) is 0 Å². The molecule has 0 rings (SSSR count). The summed E-state index contributed by atoms with van der Waals surface area (Å²) in [6.45, 7) is 2.26. The van der Waals surface area contributed by atoms with Gasteiger partial charge in [0.15, 0.2) is 0 Å². The molecule has 0 saturated carbocycles. The zero-order valence-electron chi connectivity index (χ0n) is 13.7. The van der Waals surface area contributed by atoms with Gasteiger partial charge in [-0.2, -0.15) is 0 Å². The van der Waals surface area contributed by atoms with Crippen molar-refractivity contribution >= 4 is 5.97 Å². The number of carbonyl (C=O) groups excluding carboxylic acids is 1. The topological polar surface area (TPSA) is 71.6 Å². The zero-order chi connectivity index (χ0) is 13.5. The van der Waals surface area contributed by atoms with Crippen LogP contribution in [0.15, 0.2) is 0 Å². The van der Waals surface area contributed by atoms with E-state index in [0.29, 0.717) is 0 Å².